The molecular weight excluding hydrogens is 419 g/mol. The lowest BCUT2D eigenvalue weighted by Crippen LogP contribution is -2.19. The van der Waals surface area contributed by atoms with Gasteiger partial charge in [-0.05, 0) is 29.3 Å². The second-order valence-electron chi connectivity index (χ2n) is 5.05. The maximum absolute atomic E-state index is 13.4. The summed E-state index contributed by atoms with van der Waals surface area (Å²) in [5.74, 6) is -1.94. The molecule has 0 spiro atoms. The van der Waals surface area contributed by atoms with Gasteiger partial charge in [-0.15, -0.1) is 6.54 Å². The highest BCUT2D eigenvalue weighted by atomic mass is 35.5. The Morgan fingerprint density at radius 1 is 1.04 bits per heavy atom. The van der Waals surface area contributed by atoms with Crippen LogP contribution in [0.5, 0.6) is 0 Å². The Kier molecular flexibility index (Phi) is 6.62. The molecule has 0 amide bonds. The molecule has 25 heavy (non-hydrogen) atoms. The van der Waals surface area contributed by atoms with E-state index in [1.807, 2.05) is 0 Å². The highest BCUT2D eigenvalue weighted by Crippen LogP contribution is 2.41. The standard InChI is InChI=1S/C16H10Cl4F3N2/c17-11-3-8(7-25-14(11)6-24)1-2-10(16(21,22)23)9-4-12(18)15(20)13(19)5-9/h1-5,7,10,24H,6H2/q-1/b2-1+. The van der Waals surface area contributed by atoms with Crippen LogP contribution in [-0.2, 0) is 6.54 Å². The minimum Gasteiger partial charge on any atom is -0.672 e. The number of benzene rings is 1. The molecule has 134 valence electrons. The first-order chi connectivity index (χ1) is 11.6. The summed E-state index contributed by atoms with van der Waals surface area (Å²) in [5, 5.41) is 0.102. The van der Waals surface area contributed by atoms with Crippen molar-refractivity contribution in [3.05, 3.63) is 73.1 Å². The van der Waals surface area contributed by atoms with Crippen molar-refractivity contribution in [1.29, 1.82) is 0 Å². The van der Waals surface area contributed by atoms with E-state index in [9.17, 15) is 13.2 Å². The van der Waals surface area contributed by atoms with E-state index in [1.54, 1.807) is 0 Å². The average Bonchev–Trinajstić information content (AvgIpc) is 2.51. The van der Waals surface area contributed by atoms with Crippen LogP contribution >= 0.6 is 46.4 Å². The predicted octanol–water partition coefficient (Wildman–Crippen LogP) is 7.61. The van der Waals surface area contributed by atoms with Crippen molar-refractivity contribution in [1.82, 2.24) is 4.98 Å². The maximum atomic E-state index is 13.4. The van der Waals surface area contributed by atoms with Crippen molar-refractivity contribution in [2.45, 2.75) is 18.6 Å². The van der Waals surface area contributed by atoms with Crippen LogP contribution in [0.25, 0.3) is 11.8 Å². The first-order valence-corrected chi connectivity index (χ1v) is 8.33. The number of pyridine rings is 1. The van der Waals surface area contributed by atoms with Gasteiger partial charge in [-0.25, -0.2) is 0 Å². The SMILES string of the molecule is [NH-]Cc1ncc(/C=C/C(c2cc(Cl)c(Cl)c(Cl)c2)C(F)(F)F)cc1Cl. The van der Waals surface area contributed by atoms with E-state index in [0.717, 1.165) is 18.2 Å². The summed E-state index contributed by atoms with van der Waals surface area (Å²) in [6, 6.07) is 3.71. The van der Waals surface area contributed by atoms with Gasteiger partial charge in [0.25, 0.3) is 0 Å². The fourth-order valence-electron chi connectivity index (χ4n) is 2.07. The van der Waals surface area contributed by atoms with Crippen LogP contribution in [0.1, 0.15) is 22.7 Å². The van der Waals surface area contributed by atoms with E-state index < -0.39 is 12.1 Å². The summed E-state index contributed by atoms with van der Waals surface area (Å²) >= 11 is 23.4. The molecule has 1 unspecified atom stereocenters. The zero-order valence-corrected chi connectivity index (χ0v) is 15.4. The molecule has 1 heterocycles. The highest BCUT2D eigenvalue weighted by Gasteiger charge is 2.39. The van der Waals surface area contributed by atoms with Gasteiger partial charge >= 0.3 is 6.18 Å². The van der Waals surface area contributed by atoms with Crippen LogP contribution in [0.4, 0.5) is 13.2 Å². The van der Waals surface area contributed by atoms with Gasteiger partial charge in [0.05, 0.1) is 26.0 Å². The largest absolute Gasteiger partial charge is 0.672 e. The van der Waals surface area contributed by atoms with Crippen molar-refractivity contribution in [2.24, 2.45) is 0 Å². The predicted molar refractivity (Wildman–Crippen MR) is 96.6 cm³/mol. The Bertz CT molecular complexity index is 783. The fourth-order valence-corrected chi connectivity index (χ4v) is 2.93. The molecule has 0 fully saturated rings. The Morgan fingerprint density at radius 3 is 2.12 bits per heavy atom. The van der Waals surface area contributed by atoms with Crippen LogP contribution < -0.4 is 0 Å². The third kappa shape index (κ3) is 5.02. The number of hydrogen-bond acceptors (Lipinski definition) is 1. The summed E-state index contributed by atoms with van der Waals surface area (Å²) in [7, 11) is 0. The van der Waals surface area contributed by atoms with Gasteiger partial charge in [-0.3, -0.25) is 4.98 Å². The molecule has 1 aromatic heterocycles. The number of rotatable bonds is 4. The van der Waals surface area contributed by atoms with Crippen molar-refractivity contribution in [3.8, 4) is 0 Å². The van der Waals surface area contributed by atoms with Crippen LogP contribution in [-0.4, -0.2) is 11.2 Å². The first kappa shape index (κ1) is 20.3. The van der Waals surface area contributed by atoms with Crippen LogP contribution in [0.2, 0.25) is 20.1 Å². The number of halogens is 7. The molecule has 1 atom stereocenters. The van der Waals surface area contributed by atoms with E-state index >= 15 is 0 Å². The summed E-state index contributed by atoms with van der Waals surface area (Å²) in [6.45, 7) is -0.115. The van der Waals surface area contributed by atoms with E-state index in [4.69, 9.17) is 52.1 Å². The number of nitrogens with zero attached hydrogens (tertiary/aromatic N) is 1. The zero-order chi connectivity index (χ0) is 18.8. The molecule has 1 N–H and O–H groups in total. The molecular formula is C16H10Cl4F3N2-. The number of aromatic nitrogens is 1. The van der Waals surface area contributed by atoms with Crippen molar-refractivity contribution >= 4 is 52.5 Å². The maximum Gasteiger partial charge on any atom is 0.399 e. The molecule has 0 saturated carbocycles. The first-order valence-electron chi connectivity index (χ1n) is 6.82. The van der Waals surface area contributed by atoms with Crippen molar-refractivity contribution in [2.75, 3.05) is 0 Å². The Balaban J connectivity index is 2.41. The number of alkyl halides is 3. The van der Waals surface area contributed by atoms with E-state index in [-0.39, 0.29) is 32.2 Å². The smallest absolute Gasteiger partial charge is 0.399 e. The topological polar surface area (TPSA) is 36.7 Å². The molecule has 0 bridgehead atoms. The molecule has 0 aliphatic rings. The molecule has 0 aliphatic heterocycles. The van der Waals surface area contributed by atoms with Gasteiger partial charge < -0.3 is 5.73 Å². The van der Waals surface area contributed by atoms with E-state index in [2.05, 4.69) is 4.98 Å². The van der Waals surface area contributed by atoms with Crippen LogP contribution in [0, 0.1) is 0 Å². The lowest BCUT2D eigenvalue weighted by atomic mass is 9.97. The van der Waals surface area contributed by atoms with Gasteiger partial charge in [0.15, 0.2) is 0 Å². The quantitative estimate of drug-likeness (QED) is 0.461. The normalized spacial score (nSPS) is 13.4. The number of nitrogens with one attached hydrogen (secondary N) is 1. The molecule has 0 radical (unpaired) electrons. The van der Waals surface area contributed by atoms with E-state index in [0.29, 0.717) is 11.3 Å². The molecule has 2 aromatic rings. The lowest BCUT2D eigenvalue weighted by molar-refractivity contribution is -0.139. The molecule has 2 rings (SSSR count). The van der Waals surface area contributed by atoms with Crippen molar-refractivity contribution < 1.29 is 13.2 Å². The molecule has 0 aliphatic carbocycles. The lowest BCUT2D eigenvalue weighted by Gasteiger charge is -2.18. The number of hydrogen-bond donors (Lipinski definition) is 0. The zero-order valence-electron chi connectivity index (χ0n) is 12.3. The Labute approximate surface area is 162 Å². The van der Waals surface area contributed by atoms with Gasteiger partial charge in [0.1, 0.15) is 0 Å². The van der Waals surface area contributed by atoms with Crippen LogP contribution in [0.3, 0.4) is 0 Å². The number of allylic oxidation sites excluding steroid dienone is 1. The second-order valence-corrected chi connectivity index (χ2v) is 6.65. The molecule has 0 saturated heterocycles. The minimum atomic E-state index is -4.56. The van der Waals surface area contributed by atoms with E-state index in [1.165, 1.54) is 18.3 Å². The van der Waals surface area contributed by atoms with Gasteiger partial charge in [-0.1, -0.05) is 58.6 Å². The highest BCUT2D eigenvalue weighted by molar-refractivity contribution is 6.48. The fraction of sp³-hybridized carbons (Fsp3) is 0.188. The van der Waals surface area contributed by atoms with Crippen molar-refractivity contribution in [3.63, 3.8) is 0 Å². The van der Waals surface area contributed by atoms with Gasteiger partial charge in [0.2, 0.25) is 0 Å². The summed E-state index contributed by atoms with van der Waals surface area (Å²) in [4.78, 5) is 3.94. The third-order valence-corrected chi connectivity index (χ3v) is 4.83. The second kappa shape index (κ2) is 8.14. The van der Waals surface area contributed by atoms with Crippen LogP contribution in [0.15, 0.2) is 30.5 Å². The third-order valence-electron chi connectivity index (χ3n) is 3.31. The van der Waals surface area contributed by atoms with Gasteiger partial charge in [0, 0.05) is 11.9 Å². The molecule has 9 heteroatoms. The summed E-state index contributed by atoms with van der Waals surface area (Å²) in [5.41, 5.74) is 7.82. The molecule has 2 nitrogen and oxygen atoms in total. The van der Waals surface area contributed by atoms with Gasteiger partial charge in [-0.2, -0.15) is 13.2 Å². The summed E-state index contributed by atoms with van der Waals surface area (Å²) < 4.78 is 40.3. The Morgan fingerprint density at radius 2 is 1.64 bits per heavy atom. The summed E-state index contributed by atoms with van der Waals surface area (Å²) in [6.07, 6.45) is -0.998. The minimum absolute atomic E-state index is 0.000970. The average molecular weight is 429 g/mol. The monoisotopic (exact) mass is 427 g/mol. The Hall–Kier alpha value is -0.980. The molecule has 1 aromatic carbocycles.